The Bertz CT molecular complexity index is 257. The zero-order valence-corrected chi connectivity index (χ0v) is 12.2. The summed E-state index contributed by atoms with van der Waals surface area (Å²) in [6, 6.07) is 0. The highest BCUT2D eigenvalue weighted by molar-refractivity contribution is 8.00. The summed E-state index contributed by atoms with van der Waals surface area (Å²) < 4.78 is 5.68. The van der Waals surface area contributed by atoms with Gasteiger partial charge in [0.2, 0.25) is 0 Å². The lowest BCUT2D eigenvalue weighted by molar-refractivity contribution is -0.0859. The molecule has 0 aromatic carbocycles. The maximum Gasteiger partial charge on any atom is 0.165 e. The van der Waals surface area contributed by atoms with Crippen LogP contribution >= 0.6 is 11.8 Å². The van der Waals surface area contributed by atoms with Gasteiger partial charge in [-0.15, -0.1) is 11.8 Å². The van der Waals surface area contributed by atoms with Gasteiger partial charge in [-0.25, -0.2) is 0 Å². The van der Waals surface area contributed by atoms with E-state index in [1.807, 2.05) is 0 Å². The van der Waals surface area contributed by atoms with E-state index in [2.05, 4.69) is 27.7 Å². The quantitative estimate of drug-likeness (QED) is 0.823. The molecule has 5 atom stereocenters. The SMILES string of the molecule is CC(C)C1CCC(C)C(C)[C]1C1OC(O)CS1. The minimum absolute atomic E-state index is 0.134. The van der Waals surface area contributed by atoms with Crippen LogP contribution in [0.4, 0.5) is 0 Å². The molecular formula is C14H25O2S. The Morgan fingerprint density at radius 2 is 2.00 bits per heavy atom. The molecule has 5 unspecified atom stereocenters. The molecule has 0 aromatic rings. The van der Waals surface area contributed by atoms with Crippen LogP contribution in [0.2, 0.25) is 0 Å². The van der Waals surface area contributed by atoms with Gasteiger partial charge in [-0.3, -0.25) is 0 Å². The van der Waals surface area contributed by atoms with Crippen LogP contribution in [0.1, 0.15) is 40.5 Å². The van der Waals surface area contributed by atoms with Gasteiger partial charge in [-0.1, -0.05) is 34.1 Å². The van der Waals surface area contributed by atoms with Crippen molar-refractivity contribution >= 4 is 11.8 Å². The van der Waals surface area contributed by atoms with E-state index in [0.717, 1.165) is 11.7 Å². The fourth-order valence-corrected chi connectivity index (χ4v) is 4.41. The van der Waals surface area contributed by atoms with Crippen LogP contribution in [-0.4, -0.2) is 22.6 Å². The van der Waals surface area contributed by atoms with Gasteiger partial charge in [-0.05, 0) is 30.1 Å². The first-order valence-corrected chi connectivity index (χ1v) is 7.87. The molecular weight excluding hydrogens is 232 g/mol. The van der Waals surface area contributed by atoms with Crippen molar-refractivity contribution in [2.45, 2.75) is 52.3 Å². The summed E-state index contributed by atoms with van der Waals surface area (Å²) in [6.07, 6.45) is 2.05. The van der Waals surface area contributed by atoms with Gasteiger partial charge in [-0.2, -0.15) is 0 Å². The topological polar surface area (TPSA) is 29.5 Å². The van der Waals surface area contributed by atoms with E-state index in [9.17, 15) is 5.11 Å². The molecule has 3 heteroatoms. The van der Waals surface area contributed by atoms with Crippen LogP contribution in [0, 0.1) is 29.6 Å². The van der Waals surface area contributed by atoms with Crippen molar-refractivity contribution in [1.29, 1.82) is 0 Å². The molecule has 1 aliphatic carbocycles. The lowest BCUT2D eigenvalue weighted by atomic mass is 9.65. The van der Waals surface area contributed by atoms with Gasteiger partial charge in [0.25, 0.3) is 0 Å². The first-order chi connectivity index (χ1) is 8.00. The van der Waals surface area contributed by atoms with Crippen LogP contribution in [0.5, 0.6) is 0 Å². The van der Waals surface area contributed by atoms with Crippen molar-refractivity contribution < 1.29 is 9.84 Å². The zero-order valence-electron chi connectivity index (χ0n) is 11.3. The van der Waals surface area contributed by atoms with E-state index in [1.54, 1.807) is 17.7 Å². The Balaban J connectivity index is 2.12. The average molecular weight is 257 g/mol. The molecule has 1 heterocycles. The van der Waals surface area contributed by atoms with Crippen LogP contribution in [0.3, 0.4) is 0 Å². The second-order valence-corrected chi connectivity index (χ2v) is 7.04. The lowest BCUT2D eigenvalue weighted by Gasteiger charge is -2.44. The maximum atomic E-state index is 9.55. The zero-order chi connectivity index (χ0) is 12.6. The summed E-state index contributed by atoms with van der Waals surface area (Å²) >= 11 is 1.77. The third-order valence-corrected chi connectivity index (χ3v) is 5.65. The number of hydrogen-bond acceptors (Lipinski definition) is 3. The third-order valence-electron chi connectivity index (χ3n) is 4.49. The molecule has 0 amide bonds. The molecule has 2 fully saturated rings. The minimum Gasteiger partial charge on any atom is -0.367 e. The first-order valence-electron chi connectivity index (χ1n) is 6.82. The van der Waals surface area contributed by atoms with Gasteiger partial charge in [0.1, 0.15) is 5.44 Å². The van der Waals surface area contributed by atoms with E-state index < -0.39 is 6.29 Å². The summed E-state index contributed by atoms with van der Waals surface area (Å²) in [7, 11) is 0. The van der Waals surface area contributed by atoms with Crippen molar-refractivity contribution in [1.82, 2.24) is 0 Å². The number of aliphatic hydroxyl groups is 1. The molecule has 1 radical (unpaired) electrons. The second kappa shape index (κ2) is 5.50. The molecule has 0 spiro atoms. The Morgan fingerprint density at radius 1 is 1.29 bits per heavy atom. The number of hydrogen-bond donors (Lipinski definition) is 1. The summed E-state index contributed by atoms with van der Waals surface area (Å²) in [6.45, 7) is 9.30. The van der Waals surface area contributed by atoms with Crippen molar-refractivity contribution in [3.05, 3.63) is 5.92 Å². The van der Waals surface area contributed by atoms with Gasteiger partial charge < -0.3 is 9.84 Å². The molecule has 2 nitrogen and oxygen atoms in total. The van der Waals surface area contributed by atoms with Crippen molar-refractivity contribution in [2.24, 2.45) is 23.7 Å². The second-order valence-electron chi connectivity index (χ2n) is 5.95. The Morgan fingerprint density at radius 3 is 2.53 bits per heavy atom. The third kappa shape index (κ3) is 2.82. The number of rotatable bonds is 2. The van der Waals surface area contributed by atoms with Crippen LogP contribution in [0.25, 0.3) is 0 Å². The van der Waals surface area contributed by atoms with Crippen LogP contribution in [0.15, 0.2) is 0 Å². The molecule has 1 N–H and O–H groups in total. The first kappa shape index (κ1) is 13.7. The number of ether oxygens (including phenoxy) is 1. The smallest absolute Gasteiger partial charge is 0.165 e. The standard InChI is InChI=1S/C14H25O2S/c1-8(2)11-6-5-9(3)10(4)13(11)14-16-12(15)7-17-14/h8-12,14-15H,5-7H2,1-4H3. The lowest BCUT2D eigenvalue weighted by Crippen LogP contribution is -2.39. The summed E-state index contributed by atoms with van der Waals surface area (Å²) in [4.78, 5) is 0. The number of aliphatic hydroxyl groups excluding tert-OH is 1. The highest BCUT2D eigenvalue weighted by Crippen LogP contribution is 2.49. The predicted octanol–water partition coefficient (Wildman–Crippen LogP) is 3.31. The largest absolute Gasteiger partial charge is 0.367 e. The average Bonchev–Trinajstić information content (AvgIpc) is 2.68. The normalized spacial score (nSPS) is 44.5. The van der Waals surface area contributed by atoms with Crippen molar-refractivity contribution in [2.75, 3.05) is 5.75 Å². The van der Waals surface area contributed by atoms with Gasteiger partial charge in [0.05, 0.1) is 0 Å². The predicted molar refractivity (Wildman–Crippen MR) is 72.5 cm³/mol. The number of thioether (sulfide) groups is 1. The summed E-state index contributed by atoms with van der Waals surface area (Å²) in [5.41, 5.74) is 0.134. The molecule has 1 saturated carbocycles. The fraction of sp³-hybridized carbons (Fsp3) is 0.929. The Labute approximate surface area is 110 Å². The van der Waals surface area contributed by atoms with Crippen LogP contribution < -0.4 is 0 Å². The minimum atomic E-state index is -0.560. The Kier molecular flexibility index (Phi) is 4.43. The highest BCUT2D eigenvalue weighted by atomic mass is 32.2. The fourth-order valence-electron chi connectivity index (χ4n) is 3.20. The van der Waals surface area contributed by atoms with Gasteiger partial charge in [0, 0.05) is 11.7 Å². The van der Waals surface area contributed by atoms with Gasteiger partial charge >= 0.3 is 0 Å². The Hall–Kier alpha value is 0.270. The van der Waals surface area contributed by atoms with Crippen molar-refractivity contribution in [3.8, 4) is 0 Å². The summed E-state index contributed by atoms with van der Waals surface area (Å²) in [5.74, 6) is 5.01. The van der Waals surface area contributed by atoms with E-state index in [0.29, 0.717) is 17.8 Å². The highest BCUT2D eigenvalue weighted by Gasteiger charge is 2.44. The van der Waals surface area contributed by atoms with E-state index in [4.69, 9.17) is 4.74 Å². The molecule has 1 aliphatic heterocycles. The van der Waals surface area contributed by atoms with E-state index in [1.165, 1.54) is 12.8 Å². The summed E-state index contributed by atoms with van der Waals surface area (Å²) in [5, 5.41) is 9.55. The van der Waals surface area contributed by atoms with Crippen LogP contribution in [-0.2, 0) is 4.74 Å². The van der Waals surface area contributed by atoms with Gasteiger partial charge in [0.15, 0.2) is 6.29 Å². The molecule has 0 bridgehead atoms. The molecule has 1 saturated heterocycles. The maximum absolute atomic E-state index is 9.55. The molecule has 2 aliphatic rings. The van der Waals surface area contributed by atoms with E-state index >= 15 is 0 Å². The molecule has 0 aromatic heterocycles. The van der Waals surface area contributed by atoms with E-state index in [-0.39, 0.29) is 5.44 Å². The molecule has 99 valence electrons. The molecule has 17 heavy (non-hydrogen) atoms. The molecule has 2 rings (SSSR count). The monoisotopic (exact) mass is 257 g/mol. The van der Waals surface area contributed by atoms with Crippen molar-refractivity contribution in [3.63, 3.8) is 0 Å².